The third kappa shape index (κ3) is 4.57. The molecule has 3 aromatic rings. The molecule has 10 heteroatoms. The Kier molecular flexibility index (Phi) is 5.77. The Morgan fingerprint density at radius 3 is 2.93 bits per heavy atom. The van der Waals surface area contributed by atoms with Crippen LogP contribution in [0.4, 0.5) is 5.69 Å². The molecule has 0 spiro atoms. The van der Waals surface area contributed by atoms with Crippen molar-refractivity contribution in [3.05, 3.63) is 53.4 Å². The van der Waals surface area contributed by atoms with Crippen LogP contribution in [0.5, 0.6) is 17.2 Å². The van der Waals surface area contributed by atoms with Crippen LogP contribution in [0.2, 0.25) is 5.02 Å². The van der Waals surface area contributed by atoms with Gasteiger partial charge < -0.3 is 23.9 Å². The number of nitrogens with zero attached hydrogens (tertiary/aromatic N) is 2. The maximum atomic E-state index is 12.2. The molecule has 1 unspecified atom stereocenters. The molecular weight excluding hydrogens is 418 g/mol. The van der Waals surface area contributed by atoms with Crippen LogP contribution < -0.4 is 19.5 Å². The summed E-state index contributed by atoms with van der Waals surface area (Å²) in [6.07, 6.45) is -0.503. The summed E-state index contributed by atoms with van der Waals surface area (Å²) < 4.78 is 22.3. The molecule has 2 aromatic carbocycles. The largest absolute Gasteiger partial charge is 0.495 e. The van der Waals surface area contributed by atoms with E-state index in [1.807, 2.05) is 24.3 Å². The summed E-state index contributed by atoms with van der Waals surface area (Å²) >= 11 is 7.08. The fourth-order valence-electron chi connectivity index (χ4n) is 2.64. The molecule has 1 aromatic heterocycles. The number of carbonyl (C=O) groups is 1. The highest BCUT2D eigenvalue weighted by atomic mass is 35.5. The normalized spacial score (nSPS) is 15.0. The summed E-state index contributed by atoms with van der Waals surface area (Å²) in [5.74, 6) is 1.90. The quantitative estimate of drug-likeness (QED) is 0.583. The molecule has 29 heavy (non-hydrogen) atoms. The fraction of sp³-hybridized carbons (Fsp3) is 0.211. The van der Waals surface area contributed by atoms with Gasteiger partial charge in [0.05, 0.1) is 18.6 Å². The Labute approximate surface area is 175 Å². The Balaban J connectivity index is 1.34. The Morgan fingerprint density at radius 1 is 1.28 bits per heavy atom. The summed E-state index contributed by atoms with van der Waals surface area (Å²) in [6, 6.07) is 12.3. The third-order valence-corrected chi connectivity index (χ3v) is 5.02. The molecule has 1 aliphatic rings. The first-order chi connectivity index (χ1) is 14.1. The zero-order valence-corrected chi connectivity index (χ0v) is 16.8. The number of methoxy groups -OCH3 is 1. The number of para-hydroxylation sites is 2. The lowest BCUT2D eigenvalue weighted by Crippen LogP contribution is -2.21. The second-order valence-corrected chi connectivity index (χ2v) is 7.31. The van der Waals surface area contributed by atoms with Gasteiger partial charge in [0.25, 0.3) is 11.1 Å². The maximum absolute atomic E-state index is 12.2. The van der Waals surface area contributed by atoms with Crippen molar-refractivity contribution in [2.45, 2.75) is 11.3 Å². The predicted octanol–water partition coefficient (Wildman–Crippen LogP) is 3.97. The summed E-state index contributed by atoms with van der Waals surface area (Å²) in [5, 5.41) is 11.5. The molecule has 1 atom stereocenters. The van der Waals surface area contributed by atoms with Crippen LogP contribution in [-0.4, -0.2) is 35.6 Å². The van der Waals surface area contributed by atoms with Crippen LogP contribution in [-0.2, 0) is 4.79 Å². The Morgan fingerprint density at radius 2 is 2.10 bits per heavy atom. The van der Waals surface area contributed by atoms with Crippen molar-refractivity contribution in [2.75, 3.05) is 24.8 Å². The number of aromatic nitrogens is 2. The zero-order valence-electron chi connectivity index (χ0n) is 15.3. The SMILES string of the molecule is COc1ccc(Cl)cc1NC(=O)CSc1nnc(C2COc3ccccc3O2)o1. The van der Waals surface area contributed by atoms with Gasteiger partial charge in [0, 0.05) is 5.02 Å². The molecule has 0 saturated carbocycles. The fourth-order valence-corrected chi connectivity index (χ4v) is 3.38. The van der Waals surface area contributed by atoms with Crippen molar-refractivity contribution in [1.29, 1.82) is 0 Å². The maximum Gasteiger partial charge on any atom is 0.277 e. The highest BCUT2D eigenvalue weighted by Crippen LogP contribution is 2.36. The summed E-state index contributed by atoms with van der Waals surface area (Å²) in [4.78, 5) is 12.2. The number of ether oxygens (including phenoxy) is 3. The highest BCUT2D eigenvalue weighted by Gasteiger charge is 2.27. The number of nitrogens with one attached hydrogen (secondary N) is 1. The van der Waals surface area contributed by atoms with E-state index in [1.165, 1.54) is 7.11 Å². The van der Waals surface area contributed by atoms with E-state index in [9.17, 15) is 4.79 Å². The van der Waals surface area contributed by atoms with E-state index in [2.05, 4.69) is 15.5 Å². The Bertz CT molecular complexity index is 1030. The number of hydrogen-bond donors (Lipinski definition) is 1. The number of anilines is 1. The number of thioether (sulfide) groups is 1. The van der Waals surface area contributed by atoms with Crippen LogP contribution in [0.3, 0.4) is 0 Å². The van der Waals surface area contributed by atoms with Crippen molar-refractivity contribution in [3.8, 4) is 17.2 Å². The van der Waals surface area contributed by atoms with E-state index in [0.717, 1.165) is 11.8 Å². The number of amides is 1. The van der Waals surface area contributed by atoms with Gasteiger partial charge in [-0.3, -0.25) is 4.79 Å². The van der Waals surface area contributed by atoms with Gasteiger partial charge in [-0.05, 0) is 30.3 Å². The van der Waals surface area contributed by atoms with Crippen LogP contribution in [0.15, 0.2) is 52.1 Å². The van der Waals surface area contributed by atoms with Gasteiger partial charge in [-0.25, -0.2) is 0 Å². The molecule has 150 valence electrons. The first-order valence-electron chi connectivity index (χ1n) is 8.60. The zero-order chi connectivity index (χ0) is 20.2. The average Bonchev–Trinajstić information content (AvgIpc) is 3.21. The summed E-state index contributed by atoms with van der Waals surface area (Å²) in [5.41, 5.74) is 0.489. The predicted molar refractivity (Wildman–Crippen MR) is 107 cm³/mol. The Hall–Kier alpha value is -2.91. The number of carbonyl (C=O) groups excluding carboxylic acids is 1. The molecule has 2 heterocycles. The lowest BCUT2D eigenvalue weighted by Gasteiger charge is -2.23. The molecule has 8 nitrogen and oxygen atoms in total. The standard InChI is InChI=1S/C19H16ClN3O5S/c1-25-13-7-6-11(20)8-12(13)21-17(24)10-29-19-23-22-18(28-19)16-9-26-14-4-2-3-5-15(14)27-16/h2-8,16H,9-10H2,1H3,(H,21,24). The minimum absolute atomic E-state index is 0.0716. The molecule has 4 rings (SSSR count). The van der Waals surface area contributed by atoms with Crippen LogP contribution in [0, 0.1) is 0 Å². The first kappa shape index (κ1) is 19.4. The van der Waals surface area contributed by atoms with Crippen molar-refractivity contribution >= 4 is 35.0 Å². The van der Waals surface area contributed by atoms with Crippen LogP contribution >= 0.6 is 23.4 Å². The van der Waals surface area contributed by atoms with E-state index in [0.29, 0.717) is 33.8 Å². The van der Waals surface area contributed by atoms with Crippen molar-refractivity contribution < 1.29 is 23.4 Å². The summed E-state index contributed by atoms with van der Waals surface area (Å²) in [7, 11) is 1.52. The molecule has 1 aliphatic heterocycles. The lowest BCUT2D eigenvalue weighted by molar-refractivity contribution is -0.113. The number of halogens is 1. The highest BCUT2D eigenvalue weighted by molar-refractivity contribution is 7.99. The first-order valence-corrected chi connectivity index (χ1v) is 9.97. The number of hydrogen-bond acceptors (Lipinski definition) is 8. The smallest absolute Gasteiger partial charge is 0.277 e. The molecule has 0 aliphatic carbocycles. The van der Waals surface area contributed by atoms with Gasteiger partial charge in [0.15, 0.2) is 11.5 Å². The van der Waals surface area contributed by atoms with E-state index in [4.69, 9.17) is 30.2 Å². The minimum atomic E-state index is -0.503. The molecule has 1 amide bonds. The van der Waals surface area contributed by atoms with E-state index in [-0.39, 0.29) is 23.5 Å². The molecule has 0 saturated heterocycles. The third-order valence-electron chi connectivity index (χ3n) is 3.97. The molecule has 0 fully saturated rings. The average molecular weight is 434 g/mol. The molecule has 0 radical (unpaired) electrons. The molecule has 1 N–H and O–H groups in total. The van der Waals surface area contributed by atoms with Gasteiger partial charge in [0.2, 0.25) is 12.0 Å². The van der Waals surface area contributed by atoms with E-state index in [1.54, 1.807) is 18.2 Å². The number of benzene rings is 2. The van der Waals surface area contributed by atoms with E-state index >= 15 is 0 Å². The summed E-state index contributed by atoms with van der Waals surface area (Å²) in [6.45, 7) is 0.262. The number of rotatable bonds is 6. The van der Waals surface area contributed by atoms with Gasteiger partial charge in [-0.15, -0.1) is 10.2 Å². The van der Waals surface area contributed by atoms with E-state index < -0.39 is 6.10 Å². The second-order valence-electron chi connectivity index (χ2n) is 5.95. The molecule has 0 bridgehead atoms. The van der Waals surface area contributed by atoms with Gasteiger partial charge in [0.1, 0.15) is 12.4 Å². The van der Waals surface area contributed by atoms with Crippen molar-refractivity contribution in [2.24, 2.45) is 0 Å². The van der Waals surface area contributed by atoms with Crippen molar-refractivity contribution in [3.63, 3.8) is 0 Å². The lowest BCUT2D eigenvalue weighted by atomic mass is 10.2. The van der Waals surface area contributed by atoms with Gasteiger partial charge in [-0.2, -0.15) is 0 Å². The van der Waals surface area contributed by atoms with Crippen molar-refractivity contribution in [1.82, 2.24) is 10.2 Å². The topological polar surface area (TPSA) is 95.7 Å². The number of fused-ring (bicyclic) bond motifs is 1. The molecular formula is C19H16ClN3O5S. The monoisotopic (exact) mass is 433 g/mol. The van der Waals surface area contributed by atoms with Gasteiger partial charge >= 0.3 is 0 Å². The van der Waals surface area contributed by atoms with Gasteiger partial charge in [-0.1, -0.05) is 35.5 Å². The minimum Gasteiger partial charge on any atom is -0.495 e. The second kappa shape index (κ2) is 8.62. The van der Waals surface area contributed by atoms with Crippen LogP contribution in [0.1, 0.15) is 12.0 Å². The van der Waals surface area contributed by atoms with Crippen LogP contribution in [0.25, 0.3) is 0 Å².